The van der Waals surface area contributed by atoms with E-state index in [4.69, 9.17) is 24.8 Å². The van der Waals surface area contributed by atoms with Crippen molar-refractivity contribution in [2.24, 2.45) is 5.73 Å². The molecule has 14 nitrogen and oxygen atoms in total. The Morgan fingerprint density at radius 2 is 2.00 bits per heavy atom. The van der Waals surface area contributed by atoms with Crippen LogP contribution < -0.4 is 16.4 Å². The molecular formula is C26H38N8O6. The first-order valence-electron chi connectivity index (χ1n) is 13.1. The first-order valence-corrected chi connectivity index (χ1v) is 13.1. The third kappa shape index (κ3) is 8.56. The summed E-state index contributed by atoms with van der Waals surface area (Å²) in [7, 11) is 0. The molecule has 0 aliphatic heterocycles. The summed E-state index contributed by atoms with van der Waals surface area (Å²) in [6, 6.07) is 7.05. The Morgan fingerprint density at radius 3 is 2.70 bits per heavy atom. The quantitative estimate of drug-likeness (QED) is 0.198. The molecule has 0 bridgehead atoms. The number of rotatable bonds is 15. The molecule has 1 aromatic carbocycles. The number of ether oxygens (including phenoxy) is 2. The molecule has 0 unspecified atom stereocenters. The third-order valence-electron chi connectivity index (χ3n) is 6.01. The predicted molar refractivity (Wildman–Crippen MR) is 144 cm³/mol. The van der Waals surface area contributed by atoms with E-state index in [0.717, 1.165) is 22.4 Å². The molecule has 40 heavy (non-hydrogen) atoms. The van der Waals surface area contributed by atoms with E-state index in [-0.39, 0.29) is 33.0 Å². The first kappa shape index (κ1) is 30.7. The number of carbonyl (C=O) groups is 2. The lowest BCUT2D eigenvalue weighted by atomic mass is 9.99. The molecule has 0 radical (unpaired) electrons. The minimum absolute atomic E-state index is 0.00140. The molecule has 218 valence electrons. The summed E-state index contributed by atoms with van der Waals surface area (Å²) in [5.74, 6) is 0.620. The van der Waals surface area contributed by atoms with Crippen LogP contribution in [0.25, 0.3) is 11.1 Å². The fraction of sp³-hybridized carbons (Fsp3) is 0.538. The molecule has 0 aliphatic carbocycles. The van der Waals surface area contributed by atoms with Gasteiger partial charge in [-0.3, -0.25) is 4.79 Å². The average Bonchev–Trinajstić information content (AvgIpc) is 3.51. The maximum absolute atomic E-state index is 12.8. The summed E-state index contributed by atoms with van der Waals surface area (Å²) < 4.78 is 18.0. The van der Waals surface area contributed by atoms with Crippen LogP contribution in [0.3, 0.4) is 0 Å². The number of aliphatic hydroxyl groups is 1. The van der Waals surface area contributed by atoms with E-state index in [1.54, 1.807) is 13.8 Å². The second-order valence-electron chi connectivity index (χ2n) is 9.87. The van der Waals surface area contributed by atoms with Gasteiger partial charge in [-0.2, -0.15) is 0 Å². The molecule has 14 heteroatoms. The van der Waals surface area contributed by atoms with Gasteiger partial charge in [0.15, 0.2) is 5.82 Å². The maximum atomic E-state index is 12.8. The number of nitrogens with one attached hydrogen (secondary N) is 2. The SMILES string of the molecule is Cc1noc(C)c1-c1ccccc1COC[C@@H](NC(=O)C(C)(C)N)c1nnnn1CCOC(=O)NCCCCO. The minimum atomic E-state index is -1.15. The van der Waals surface area contributed by atoms with Crippen molar-refractivity contribution in [3.63, 3.8) is 0 Å². The van der Waals surface area contributed by atoms with Crippen LogP contribution in [0.4, 0.5) is 4.79 Å². The van der Waals surface area contributed by atoms with E-state index < -0.39 is 23.6 Å². The van der Waals surface area contributed by atoms with Gasteiger partial charge in [-0.05, 0) is 62.1 Å². The minimum Gasteiger partial charge on any atom is -0.448 e. The Kier molecular flexibility index (Phi) is 11.1. The monoisotopic (exact) mass is 558 g/mol. The normalized spacial score (nSPS) is 12.2. The Bertz CT molecular complexity index is 1230. The molecule has 0 saturated carbocycles. The lowest BCUT2D eigenvalue weighted by molar-refractivity contribution is -0.126. The van der Waals surface area contributed by atoms with Gasteiger partial charge in [0.25, 0.3) is 0 Å². The number of amides is 2. The Morgan fingerprint density at radius 1 is 1.23 bits per heavy atom. The van der Waals surface area contributed by atoms with Crippen molar-refractivity contribution >= 4 is 12.0 Å². The van der Waals surface area contributed by atoms with Crippen molar-refractivity contribution in [1.82, 2.24) is 36.0 Å². The van der Waals surface area contributed by atoms with Crippen molar-refractivity contribution in [3.8, 4) is 11.1 Å². The van der Waals surface area contributed by atoms with Gasteiger partial charge in [0.2, 0.25) is 5.91 Å². The van der Waals surface area contributed by atoms with Crippen LogP contribution in [0.15, 0.2) is 28.8 Å². The summed E-state index contributed by atoms with van der Waals surface area (Å²) >= 11 is 0. The number of tetrazole rings is 1. The molecule has 2 amide bonds. The van der Waals surface area contributed by atoms with Gasteiger partial charge >= 0.3 is 6.09 Å². The largest absolute Gasteiger partial charge is 0.448 e. The third-order valence-corrected chi connectivity index (χ3v) is 6.01. The fourth-order valence-corrected chi connectivity index (χ4v) is 3.89. The van der Waals surface area contributed by atoms with Gasteiger partial charge in [-0.25, -0.2) is 9.48 Å². The predicted octanol–water partition coefficient (Wildman–Crippen LogP) is 1.56. The van der Waals surface area contributed by atoms with Crippen molar-refractivity contribution in [2.75, 3.05) is 26.4 Å². The molecule has 0 spiro atoms. The van der Waals surface area contributed by atoms with Crippen LogP contribution in [0.1, 0.15) is 55.6 Å². The number of aliphatic hydroxyl groups excluding tert-OH is 1. The molecule has 0 fully saturated rings. The summed E-state index contributed by atoms with van der Waals surface area (Å²) in [5, 5.41) is 30.2. The highest BCUT2D eigenvalue weighted by Crippen LogP contribution is 2.30. The Hall–Kier alpha value is -3.88. The van der Waals surface area contributed by atoms with Crippen LogP contribution in [-0.4, -0.2) is 74.4 Å². The van der Waals surface area contributed by atoms with Crippen molar-refractivity contribution in [1.29, 1.82) is 0 Å². The summed E-state index contributed by atoms with van der Waals surface area (Å²) in [5.41, 5.74) is 8.41. The number of alkyl carbamates (subject to hydrolysis) is 1. The highest BCUT2D eigenvalue weighted by molar-refractivity contribution is 5.85. The number of benzene rings is 1. The highest BCUT2D eigenvalue weighted by Gasteiger charge is 2.28. The number of hydrogen-bond acceptors (Lipinski definition) is 11. The van der Waals surface area contributed by atoms with E-state index in [2.05, 4.69) is 31.3 Å². The first-order chi connectivity index (χ1) is 19.1. The second-order valence-corrected chi connectivity index (χ2v) is 9.87. The number of nitrogens with zero attached hydrogens (tertiary/aromatic N) is 5. The highest BCUT2D eigenvalue weighted by atomic mass is 16.5. The Labute approximate surface area is 232 Å². The van der Waals surface area contributed by atoms with Crippen LogP contribution in [0.2, 0.25) is 0 Å². The van der Waals surface area contributed by atoms with E-state index >= 15 is 0 Å². The lowest BCUT2D eigenvalue weighted by Gasteiger charge is -2.24. The van der Waals surface area contributed by atoms with Crippen molar-refractivity contribution in [2.45, 2.75) is 65.3 Å². The molecule has 3 rings (SSSR count). The number of hydrogen-bond donors (Lipinski definition) is 4. The zero-order valence-corrected chi connectivity index (χ0v) is 23.3. The molecule has 2 aromatic heterocycles. The topological polar surface area (TPSA) is 193 Å². The van der Waals surface area contributed by atoms with Gasteiger partial charge in [-0.1, -0.05) is 29.4 Å². The molecule has 3 aromatic rings. The standard InChI is InChI=1S/C26H38N8O6/c1-17-22(18(2)40-31-17)20-10-6-5-9-19(20)15-38-16-21(29-24(36)26(3,4)27)23-30-32-33-34(23)12-14-39-25(37)28-11-7-8-13-35/h5-6,9-10,21,35H,7-8,11-16,27H2,1-4H3,(H,28,37)(H,29,36)/t21-/m1/s1. The van der Waals surface area contributed by atoms with Crippen LogP contribution in [0, 0.1) is 13.8 Å². The molecular weight excluding hydrogens is 520 g/mol. The van der Waals surface area contributed by atoms with Gasteiger partial charge in [0.1, 0.15) is 18.4 Å². The summed E-state index contributed by atoms with van der Waals surface area (Å²) in [6.07, 6.45) is 0.654. The number of carbonyl (C=O) groups excluding carboxylic acids is 2. The lowest BCUT2D eigenvalue weighted by Crippen LogP contribution is -2.51. The molecule has 0 aliphatic rings. The number of aryl methyl sites for hydroxylation is 2. The average molecular weight is 559 g/mol. The maximum Gasteiger partial charge on any atom is 0.407 e. The zero-order valence-electron chi connectivity index (χ0n) is 23.3. The van der Waals surface area contributed by atoms with Crippen LogP contribution in [-0.2, 0) is 27.4 Å². The second kappa shape index (κ2) is 14.5. The van der Waals surface area contributed by atoms with E-state index in [1.165, 1.54) is 4.68 Å². The summed E-state index contributed by atoms with van der Waals surface area (Å²) in [4.78, 5) is 24.7. The molecule has 0 saturated heterocycles. The van der Waals surface area contributed by atoms with Crippen LogP contribution >= 0.6 is 0 Å². The van der Waals surface area contributed by atoms with Crippen LogP contribution in [0.5, 0.6) is 0 Å². The van der Waals surface area contributed by atoms with Gasteiger partial charge < -0.3 is 35.5 Å². The number of aromatic nitrogens is 5. The molecule has 1 atom stereocenters. The van der Waals surface area contributed by atoms with E-state index in [9.17, 15) is 9.59 Å². The smallest absolute Gasteiger partial charge is 0.407 e. The number of nitrogens with two attached hydrogens (primary N) is 1. The van der Waals surface area contributed by atoms with Gasteiger partial charge in [-0.15, -0.1) is 5.10 Å². The van der Waals surface area contributed by atoms with E-state index in [0.29, 0.717) is 31.0 Å². The summed E-state index contributed by atoms with van der Waals surface area (Å²) in [6.45, 7) is 7.82. The molecule has 5 N–H and O–H groups in total. The van der Waals surface area contributed by atoms with Crippen molar-refractivity contribution < 1.29 is 28.7 Å². The van der Waals surface area contributed by atoms with Gasteiger partial charge in [0.05, 0.1) is 31.0 Å². The van der Waals surface area contributed by atoms with Gasteiger partial charge in [0, 0.05) is 18.7 Å². The Balaban J connectivity index is 1.68. The number of unbranched alkanes of at least 4 members (excludes halogenated alkanes) is 1. The van der Waals surface area contributed by atoms with Crippen molar-refractivity contribution in [3.05, 3.63) is 47.1 Å². The zero-order chi connectivity index (χ0) is 29.1. The molecule has 2 heterocycles. The fourth-order valence-electron chi connectivity index (χ4n) is 3.89. The van der Waals surface area contributed by atoms with E-state index in [1.807, 2.05) is 38.1 Å².